The molecule has 2 unspecified atom stereocenters. The number of amides is 2. The van der Waals surface area contributed by atoms with E-state index in [1.165, 1.54) is 0 Å². The molecule has 5 nitrogen and oxygen atoms in total. The molecule has 20 heavy (non-hydrogen) atoms. The molecule has 1 fully saturated rings. The monoisotopic (exact) mass is 272 g/mol. The summed E-state index contributed by atoms with van der Waals surface area (Å²) < 4.78 is 11.3. The van der Waals surface area contributed by atoms with Gasteiger partial charge in [0.1, 0.15) is 11.5 Å². The molecule has 104 valence electrons. The van der Waals surface area contributed by atoms with Crippen LogP contribution in [-0.2, 0) is 0 Å². The summed E-state index contributed by atoms with van der Waals surface area (Å²) in [6.45, 7) is 2.11. The van der Waals surface area contributed by atoms with E-state index in [1.54, 1.807) is 12.0 Å². The Kier molecular flexibility index (Phi) is 2.75. The summed E-state index contributed by atoms with van der Waals surface area (Å²) in [5.41, 5.74) is 0.233. The minimum absolute atomic E-state index is 0.0830. The Morgan fingerprint density at radius 3 is 3.15 bits per heavy atom. The molecular formula is C15H16N2O3. The molecule has 2 aliphatic rings. The van der Waals surface area contributed by atoms with E-state index in [9.17, 15) is 4.79 Å². The fourth-order valence-electron chi connectivity index (χ4n) is 2.85. The number of hydrogen-bond acceptors (Lipinski definition) is 3. The number of methoxy groups -OCH3 is 1. The van der Waals surface area contributed by atoms with Crippen molar-refractivity contribution in [1.29, 1.82) is 0 Å². The first-order valence-electron chi connectivity index (χ1n) is 6.46. The van der Waals surface area contributed by atoms with Crippen LogP contribution in [0.25, 0.3) is 0 Å². The highest BCUT2D eigenvalue weighted by molar-refractivity contribution is 5.77. The molecule has 3 rings (SSSR count). The molecule has 0 aliphatic carbocycles. The maximum atomic E-state index is 12.2. The number of urea groups is 1. The van der Waals surface area contributed by atoms with Crippen molar-refractivity contribution < 1.29 is 14.3 Å². The van der Waals surface area contributed by atoms with E-state index < -0.39 is 5.72 Å². The first kappa shape index (κ1) is 12.7. The molecule has 0 spiro atoms. The zero-order chi connectivity index (χ0) is 14.3. The molecule has 5 heteroatoms. The highest BCUT2D eigenvalue weighted by Gasteiger charge is 2.48. The third-order valence-electron chi connectivity index (χ3n) is 3.87. The lowest BCUT2D eigenvalue weighted by atomic mass is 9.90. The van der Waals surface area contributed by atoms with Crippen LogP contribution in [0.5, 0.6) is 11.5 Å². The molecule has 1 aromatic rings. The number of terminal acetylenes is 1. The van der Waals surface area contributed by atoms with Gasteiger partial charge in [-0.05, 0) is 25.1 Å². The molecule has 2 heterocycles. The second kappa shape index (κ2) is 4.34. The Bertz CT molecular complexity index is 608. The van der Waals surface area contributed by atoms with Crippen LogP contribution in [0.15, 0.2) is 18.2 Å². The lowest BCUT2D eigenvalue weighted by molar-refractivity contribution is -0.0780. The normalized spacial score (nSPS) is 26.9. The molecular weight excluding hydrogens is 256 g/mol. The van der Waals surface area contributed by atoms with Gasteiger partial charge in [0.2, 0.25) is 0 Å². The molecule has 1 N–H and O–H groups in total. The predicted octanol–water partition coefficient (Wildman–Crippen LogP) is 1.89. The van der Waals surface area contributed by atoms with Crippen molar-refractivity contribution >= 4 is 6.03 Å². The largest absolute Gasteiger partial charge is 0.497 e. The molecule has 2 amide bonds. The van der Waals surface area contributed by atoms with Crippen molar-refractivity contribution in [2.45, 2.75) is 25.1 Å². The minimum atomic E-state index is -0.707. The Balaban J connectivity index is 2.03. The lowest BCUT2D eigenvalue weighted by Gasteiger charge is -2.50. The summed E-state index contributed by atoms with van der Waals surface area (Å²) in [7, 11) is 1.61. The minimum Gasteiger partial charge on any atom is -0.497 e. The Hall–Kier alpha value is -2.35. The van der Waals surface area contributed by atoms with Gasteiger partial charge in [-0.15, -0.1) is 6.42 Å². The molecule has 1 saturated heterocycles. The van der Waals surface area contributed by atoms with Gasteiger partial charge in [0.05, 0.1) is 19.7 Å². The average Bonchev–Trinajstić information content (AvgIpc) is 2.43. The average molecular weight is 272 g/mol. The van der Waals surface area contributed by atoms with Crippen LogP contribution in [0.1, 0.15) is 24.9 Å². The van der Waals surface area contributed by atoms with E-state index in [4.69, 9.17) is 15.9 Å². The van der Waals surface area contributed by atoms with Crippen molar-refractivity contribution in [3.05, 3.63) is 23.8 Å². The Morgan fingerprint density at radius 2 is 2.45 bits per heavy atom. The van der Waals surface area contributed by atoms with E-state index >= 15 is 0 Å². The standard InChI is InChI=1S/C15H16N2O3/c1-4-7-17-14(18)16-12-9-15(17,2)20-13-6-5-10(19-3)8-11(12)13/h1,5-6,8,12H,7,9H2,2-3H3,(H,16,18). The van der Waals surface area contributed by atoms with Crippen LogP contribution in [0, 0.1) is 12.3 Å². The van der Waals surface area contributed by atoms with E-state index in [2.05, 4.69) is 11.2 Å². The van der Waals surface area contributed by atoms with Gasteiger partial charge in [0.15, 0.2) is 5.72 Å². The fraction of sp³-hybridized carbons (Fsp3) is 0.400. The number of fused-ring (bicyclic) bond motifs is 4. The van der Waals surface area contributed by atoms with E-state index in [0.717, 1.165) is 17.1 Å². The SMILES string of the molecule is C#CCN1C(=O)NC2CC1(C)Oc1ccc(OC)cc12. The third-order valence-corrected chi connectivity index (χ3v) is 3.87. The third kappa shape index (κ3) is 1.76. The second-order valence-electron chi connectivity index (χ2n) is 5.18. The summed E-state index contributed by atoms with van der Waals surface area (Å²) in [5, 5.41) is 2.97. The van der Waals surface area contributed by atoms with Gasteiger partial charge in [-0.25, -0.2) is 4.79 Å². The van der Waals surface area contributed by atoms with Gasteiger partial charge >= 0.3 is 6.03 Å². The highest BCUT2D eigenvalue weighted by atomic mass is 16.5. The first-order valence-corrected chi connectivity index (χ1v) is 6.46. The number of carbonyl (C=O) groups excluding carboxylic acids is 1. The van der Waals surface area contributed by atoms with Crippen molar-refractivity contribution in [1.82, 2.24) is 10.2 Å². The number of carbonyl (C=O) groups is 1. The quantitative estimate of drug-likeness (QED) is 0.836. The van der Waals surface area contributed by atoms with Crippen molar-refractivity contribution in [2.24, 2.45) is 0 Å². The van der Waals surface area contributed by atoms with Crippen molar-refractivity contribution in [3.8, 4) is 23.8 Å². The van der Waals surface area contributed by atoms with Crippen molar-refractivity contribution in [2.75, 3.05) is 13.7 Å². The van der Waals surface area contributed by atoms with Gasteiger partial charge in [-0.2, -0.15) is 0 Å². The predicted molar refractivity (Wildman–Crippen MR) is 73.5 cm³/mol. The van der Waals surface area contributed by atoms with E-state index in [0.29, 0.717) is 6.42 Å². The molecule has 2 bridgehead atoms. The Morgan fingerprint density at radius 1 is 1.65 bits per heavy atom. The van der Waals surface area contributed by atoms with Gasteiger partial charge in [-0.1, -0.05) is 5.92 Å². The lowest BCUT2D eigenvalue weighted by Crippen LogP contribution is -2.64. The highest BCUT2D eigenvalue weighted by Crippen LogP contribution is 2.44. The summed E-state index contributed by atoms with van der Waals surface area (Å²) in [4.78, 5) is 13.7. The van der Waals surface area contributed by atoms with E-state index in [1.807, 2.05) is 25.1 Å². The van der Waals surface area contributed by atoms with Crippen LogP contribution < -0.4 is 14.8 Å². The van der Waals surface area contributed by atoms with Gasteiger partial charge in [-0.3, -0.25) is 4.90 Å². The fourth-order valence-corrected chi connectivity index (χ4v) is 2.85. The smallest absolute Gasteiger partial charge is 0.321 e. The number of benzene rings is 1. The maximum absolute atomic E-state index is 12.2. The maximum Gasteiger partial charge on any atom is 0.321 e. The summed E-state index contributed by atoms with van der Waals surface area (Å²) in [5.74, 6) is 4.01. The molecule has 2 aliphatic heterocycles. The van der Waals surface area contributed by atoms with Crippen LogP contribution in [-0.4, -0.2) is 30.3 Å². The Labute approximate surface area is 117 Å². The van der Waals surface area contributed by atoms with E-state index in [-0.39, 0.29) is 18.6 Å². The molecule has 0 saturated carbocycles. The molecule has 0 radical (unpaired) electrons. The summed E-state index contributed by atoms with van der Waals surface area (Å²) in [6.07, 6.45) is 5.99. The van der Waals surface area contributed by atoms with Gasteiger partial charge < -0.3 is 14.8 Å². The number of ether oxygens (including phenoxy) is 2. The van der Waals surface area contributed by atoms with Crippen molar-refractivity contribution in [3.63, 3.8) is 0 Å². The zero-order valence-electron chi connectivity index (χ0n) is 11.5. The number of hydrogen-bond donors (Lipinski definition) is 1. The number of nitrogens with zero attached hydrogens (tertiary/aromatic N) is 1. The zero-order valence-corrected chi connectivity index (χ0v) is 11.5. The molecule has 0 aromatic heterocycles. The number of nitrogens with one attached hydrogen (secondary N) is 1. The van der Waals surface area contributed by atoms with Gasteiger partial charge in [0.25, 0.3) is 0 Å². The summed E-state index contributed by atoms with van der Waals surface area (Å²) >= 11 is 0. The van der Waals surface area contributed by atoms with Crippen LogP contribution >= 0.6 is 0 Å². The second-order valence-corrected chi connectivity index (χ2v) is 5.18. The van der Waals surface area contributed by atoms with Crippen LogP contribution in [0.3, 0.4) is 0 Å². The number of rotatable bonds is 2. The first-order chi connectivity index (χ1) is 9.57. The molecule has 1 aromatic carbocycles. The van der Waals surface area contributed by atoms with Crippen LogP contribution in [0.2, 0.25) is 0 Å². The van der Waals surface area contributed by atoms with Crippen LogP contribution in [0.4, 0.5) is 4.79 Å². The molecule has 2 atom stereocenters. The van der Waals surface area contributed by atoms with Gasteiger partial charge in [0, 0.05) is 12.0 Å². The topological polar surface area (TPSA) is 50.8 Å². The summed E-state index contributed by atoms with van der Waals surface area (Å²) in [6, 6.07) is 5.33.